The minimum Gasteiger partial charge on any atom is -0.481 e. The maximum Gasteiger partial charge on any atom is 0.307 e. The molecule has 12 heavy (non-hydrogen) atoms. The number of aliphatic hydroxyl groups is 1. The van der Waals surface area contributed by atoms with Gasteiger partial charge < -0.3 is 10.2 Å². The predicted molar refractivity (Wildman–Crippen MR) is 50.4 cm³/mol. The van der Waals surface area contributed by atoms with E-state index in [4.69, 9.17) is 10.2 Å². The fraction of sp³-hybridized carbons (Fsp3) is 0.875. The molecule has 2 unspecified atom stereocenters. The fourth-order valence-electron chi connectivity index (χ4n) is 0.585. The van der Waals surface area contributed by atoms with Crippen LogP contribution in [0.5, 0.6) is 0 Å². The van der Waals surface area contributed by atoms with Gasteiger partial charge in [-0.2, -0.15) is 11.8 Å². The smallest absolute Gasteiger partial charge is 0.307 e. The minimum atomic E-state index is -0.750. The molecule has 72 valence electrons. The van der Waals surface area contributed by atoms with Gasteiger partial charge in [-0.25, -0.2) is 0 Å². The van der Waals surface area contributed by atoms with E-state index in [0.29, 0.717) is 5.75 Å². The van der Waals surface area contributed by atoms with Gasteiger partial charge in [-0.3, -0.25) is 4.79 Å². The number of aliphatic hydroxyl groups excluding tert-OH is 1. The Hall–Kier alpha value is -0.220. The van der Waals surface area contributed by atoms with Crippen LogP contribution in [-0.2, 0) is 4.79 Å². The largest absolute Gasteiger partial charge is 0.481 e. The Morgan fingerprint density at radius 1 is 1.50 bits per heavy atom. The lowest BCUT2D eigenvalue weighted by atomic mass is 10.2. The molecule has 2 N–H and O–H groups in total. The first kappa shape index (κ1) is 11.8. The van der Waals surface area contributed by atoms with E-state index in [-0.39, 0.29) is 12.0 Å². The van der Waals surface area contributed by atoms with Crippen LogP contribution in [0.4, 0.5) is 0 Å². The van der Waals surface area contributed by atoms with Crippen molar-refractivity contribution in [3.63, 3.8) is 0 Å². The Kier molecular flexibility index (Phi) is 6.20. The molecule has 0 aromatic rings. The second-order valence-electron chi connectivity index (χ2n) is 2.95. The maximum atomic E-state index is 10.4. The van der Waals surface area contributed by atoms with Crippen LogP contribution in [0.3, 0.4) is 0 Å². The molecule has 0 aliphatic rings. The van der Waals surface area contributed by atoms with Crippen molar-refractivity contribution in [1.29, 1.82) is 0 Å². The summed E-state index contributed by atoms with van der Waals surface area (Å²) < 4.78 is 0. The van der Waals surface area contributed by atoms with E-state index in [1.807, 2.05) is 0 Å². The second-order valence-corrected chi connectivity index (χ2v) is 4.10. The lowest BCUT2D eigenvalue weighted by Crippen LogP contribution is -2.12. The first-order valence-electron chi connectivity index (χ1n) is 4.02. The molecule has 0 fully saturated rings. The van der Waals surface area contributed by atoms with Crippen molar-refractivity contribution in [2.75, 3.05) is 11.5 Å². The van der Waals surface area contributed by atoms with E-state index >= 15 is 0 Å². The summed E-state index contributed by atoms with van der Waals surface area (Å²) in [6.45, 7) is 3.43. The topological polar surface area (TPSA) is 57.5 Å². The van der Waals surface area contributed by atoms with Crippen LogP contribution in [0.2, 0.25) is 0 Å². The molecule has 0 aromatic heterocycles. The Labute approximate surface area is 77.2 Å². The van der Waals surface area contributed by atoms with Crippen LogP contribution in [0.1, 0.15) is 20.3 Å². The van der Waals surface area contributed by atoms with Gasteiger partial charge in [0.15, 0.2) is 0 Å². The first-order valence-corrected chi connectivity index (χ1v) is 5.18. The minimum absolute atomic E-state index is 0.280. The third-order valence-corrected chi connectivity index (χ3v) is 2.73. The zero-order valence-electron chi connectivity index (χ0n) is 7.49. The number of carboxylic acids is 1. The number of carboxylic acid groups (broad SMARTS) is 1. The van der Waals surface area contributed by atoms with Crippen LogP contribution in [0, 0.1) is 5.92 Å². The van der Waals surface area contributed by atoms with Gasteiger partial charge in [0.1, 0.15) is 0 Å². The van der Waals surface area contributed by atoms with Crippen molar-refractivity contribution < 1.29 is 15.0 Å². The van der Waals surface area contributed by atoms with Crippen LogP contribution in [0.25, 0.3) is 0 Å². The van der Waals surface area contributed by atoms with E-state index in [1.165, 1.54) is 0 Å². The molecule has 2 atom stereocenters. The summed E-state index contributed by atoms with van der Waals surface area (Å²) in [6.07, 6.45) is 0.453. The molecule has 0 spiro atoms. The first-order chi connectivity index (χ1) is 5.54. The van der Waals surface area contributed by atoms with Gasteiger partial charge in [0.2, 0.25) is 0 Å². The average molecular weight is 192 g/mol. The van der Waals surface area contributed by atoms with Gasteiger partial charge in [0.25, 0.3) is 0 Å². The summed E-state index contributed by atoms with van der Waals surface area (Å²) in [4.78, 5) is 10.4. The predicted octanol–water partition coefficient (Wildman–Crippen LogP) is 1.21. The van der Waals surface area contributed by atoms with Gasteiger partial charge in [0, 0.05) is 5.75 Å². The Morgan fingerprint density at radius 2 is 2.08 bits per heavy atom. The van der Waals surface area contributed by atoms with E-state index in [2.05, 4.69) is 0 Å². The molecule has 4 heteroatoms. The summed E-state index contributed by atoms with van der Waals surface area (Å²) in [5.41, 5.74) is 0. The number of rotatable bonds is 6. The van der Waals surface area contributed by atoms with Crippen molar-refractivity contribution in [2.24, 2.45) is 5.92 Å². The van der Waals surface area contributed by atoms with E-state index < -0.39 is 5.97 Å². The molecule has 0 aliphatic heterocycles. The van der Waals surface area contributed by atoms with Crippen molar-refractivity contribution in [3.8, 4) is 0 Å². The lowest BCUT2D eigenvalue weighted by Gasteiger charge is -2.06. The Bertz CT molecular complexity index is 136. The molecular weight excluding hydrogens is 176 g/mol. The van der Waals surface area contributed by atoms with Gasteiger partial charge in [-0.05, 0) is 19.1 Å². The van der Waals surface area contributed by atoms with Crippen LogP contribution >= 0.6 is 11.8 Å². The molecule has 0 rings (SSSR count). The second kappa shape index (κ2) is 6.31. The summed E-state index contributed by atoms with van der Waals surface area (Å²) in [7, 11) is 0. The molecular formula is C8H16O3S. The SMILES string of the molecule is CC(O)CCSCC(C)C(=O)O. The molecule has 0 aromatic carbocycles. The zero-order chi connectivity index (χ0) is 9.56. The van der Waals surface area contributed by atoms with Crippen LogP contribution in [0.15, 0.2) is 0 Å². The number of hydrogen-bond donors (Lipinski definition) is 2. The molecule has 0 heterocycles. The lowest BCUT2D eigenvalue weighted by molar-refractivity contribution is -0.140. The van der Waals surface area contributed by atoms with E-state index in [1.54, 1.807) is 25.6 Å². The summed E-state index contributed by atoms with van der Waals surface area (Å²) in [5.74, 6) is 0.417. The number of carbonyl (C=O) groups is 1. The molecule has 0 aliphatic carbocycles. The van der Waals surface area contributed by atoms with Gasteiger partial charge >= 0.3 is 5.97 Å². The molecule has 0 amide bonds. The third-order valence-electron chi connectivity index (χ3n) is 1.47. The third kappa shape index (κ3) is 6.49. The average Bonchev–Trinajstić information content (AvgIpc) is 1.97. The van der Waals surface area contributed by atoms with Crippen molar-refractivity contribution in [1.82, 2.24) is 0 Å². The molecule has 0 radical (unpaired) electrons. The van der Waals surface area contributed by atoms with E-state index in [0.717, 1.165) is 12.2 Å². The quantitative estimate of drug-likeness (QED) is 0.621. The fourth-order valence-corrected chi connectivity index (χ4v) is 1.76. The van der Waals surface area contributed by atoms with E-state index in [9.17, 15) is 4.79 Å². The number of aliphatic carboxylic acids is 1. The van der Waals surface area contributed by atoms with Crippen molar-refractivity contribution >= 4 is 17.7 Å². The van der Waals surface area contributed by atoms with Gasteiger partial charge in [0.05, 0.1) is 12.0 Å². The van der Waals surface area contributed by atoms with Crippen molar-refractivity contribution in [3.05, 3.63) is 0 Å². The molecule has 0 saturated heterocycles. The normalized spacial score (nSPS) is 15.6. The molecule has 0 bridgehead atoms. The van der Waals surface area contributed by atoms with Crippen molar-refractivity contribution in [2.45, 2.75) is 26.4 Å². The molecule has 3 nitrogen and oxygen atoms in total. The highest BCUT2D eigenvalue weighted by Gasteiger charge is 2.09. The van der Waals surface area contributed by atoms with Crippen LogP contribution in [-0.4, -0.2) is 33.8 Å². The monoisotopic (exact) mass is 192 g/mol. The van der Waals surface area contributed by atoms with Gasteiger partial charge in [-0.1, -0.05) is 6.92 Å². The highest BCUT2D eigenvalue weighted by molar-refractivity contribution is 7.99. The maximum absolute atomic E-state index is 10.4. The summed E-state index contributed by atoms with van der Waals surface area (Å²) >= 11 is 1.58. The standard InChI is InChI=1S/C8H16O3S/c1-6(8(10)11)5-12-4-3-7(2)9/h6-7,9H,3-5H2,1-2H3,(H,10,11). The van der Waals surface area contributed by atoms with Crippen LogP contribution < -0.4 is 0 Å². The Balaban J connectivity index is 3.25. The summed E-state index contributed by atoms with van der Waals surface area (Å²) in [5, 5.41) is 17.4. The highest BCUT2D eigenvalue weighted by Crippen LogP contribution is 2.10. The number of thioether (sulfide) groups is 1. The zero-order valence-corrected chi connectivity index (χ0v) is 8.30. The number of hydrogen-bond acceptors (Lipinski definition) is 3. The molecule has 0 saturated carbocycles. The van der Waals surface area contributed by atoms with Gasteiger partial charge in [-0.15, -0.1) is 0 Å². The summed E-state index contributed by atoms with van der Waals surface area (Å²) in [6, 6.07) is 0. The highest BCUT2D eigenvalue weighted by atomic mass is 32.2. The Morgan fingerprint density at radius 3 is 2.50 bits per heavy atom.